The molecule has 1 aromatic heterocycles. The number of hydrogen-bond donors (Lipinski definition) is 1. The molecule has 0 saturated heterocycles. The second-order valence-electron chi connectivity index (χ2n) is 4.17. The lowest BCUT2D eigenvalue weighted by atomic mass is 9.94. The Kier molecular flexibility index (Phi) is 2.82. The molecule has 0 aliphatic heterocycles. The van der Waals surface area contributed by atoms with Gasteiger partial charge in [0.05, 0.1) is 6.10 Å². The van der Waals surface area contributed by atoms with Gasteiger partial charge in [-0.25, -0.2) is 0 Å². The van der Waals surface area contributed by atoms with Crippen molar-refractivity contribution in [2.24, 2.45) is 5.92 Å². The van der Waals surface area contributed by atoms with E-state index in [1.807, 2.05) is 19.1 Å². The maximum Gasteiger partial charge on any atom is 0.0835 e. The first kappa shape index (κ1) is 9.66. The third kappa shape index (κ3) is 1.80. The lowest BCUT2D eigenvalue weighted by Gasteiger charge is -2.19. The highest BCUT2D eigenvalue weighted by molar-refractivity contribution is 5.21. The largest absolute Gasteiger partial charge is 0.388 e. The van der Waals surface area contributed by atoms with Crippen molar-refractivity contribution in [3.63, 3.8) is 0 Å². The highest BCUT2D eigenvalue weighted by Gasteiger charge is 2.25. The molecule has 1 N–H and O–H groups in total. The summed E-state index contributed by atoms with van der Waals surface area (Å²) in [5, 5.41) is 10.2. The molecule has 1 aromatic rings. The van der Waals surface area contributed by atoms with Crippen molar-refractivity contribution in [3.8, 4) is 0 Å². The normalized spacial score (nSPS) is 19.9. The highest BCUT2D eigenvalue weighted by Crippen LogP contribution is 2.36. The average molecular weight is 191 g/mol. The van der Waals surface area contributed by atoms with E-state index in [1.54, 1.807) is 6.20 Å². The predicted octanol–water partition coefficient (Wildman–Crippen LogP) is 2.61. The number of nitrogens with zero attached hydrogens (tertiary/aromatic N) is 1. The van der Waals surface area contributed by atoms with E-state index in [1.165, 1.54) is 12.8 Å². The van der Waals surface area contributed by atoms with Crippen LogP contribution in [0.15, 0.2) is 18.3 Å². The van der Waals surface area contributed by atoms with Crippen LogP contribution in [0.2, 0.25) is 0 Å². The maximum absolute atomic E-state index is 10.2. The van der Waals surface area contributed by atoms with Crippen molar-refractivity contribution in [2.45, 2.75) is 38.7 Å². The van der Waals surface area contributed by atoms with E-state index in [0.29, 0.717) is 5.92 Å². The standard InChI is InChI=1S/C12H17NO/c1-9-11(7-4-8-13-9)12(14)10-5-2-3-6-10/h4,7-8,10,12,14H,2-3,5-6H2,1H3. The van der Waals surface area contributed by atoms with Gasteiger partial charge in [-0.15, -0.1) is 0 Å². The molecule has 2 nitrogen and oxygen atoms in total. The molecule has 0 bridgehead atoms. The van der Waals surface area contributed by atoms with Gasteiger partial charge in [-0.05, 0) is 31.7 Å². The third-order valence-corrected chi connectivity index (χ3v) is 3.21. The second kappa shape index (κ2) is 4.09. The molecule has 2 rings (SSSR count). The Labute approximate surface area is 85.0 Å². The lowest BCUT2D eigenvalue weighted by molar-refractivity contribution is 0.110. The molecule has 76 valence electrons. The molecule has 0 aromatic carbocycles. The fourth-order valence-electron chi connectivity index (χ4n) is 2.34. The predicted molar refractivity (Wildman–Crippen MR) is 55.9 cm³/mol. The average Bonchev–Trinajstić information content (AvgIpc) is 2.70. The SMILES string of the molecule is Cc1ncccc1C(O)C1CCCC1. The van der Waals surface area contributed by atoms with Crippen LogP contribution >= 0.6 is 0 Å². The van der Waals surface area contributed by atoms with Crippen molar-refractivity contribution in [1.82, 2.24) is 4.98 Å². The zero-order valence-corrected chi connectivity index (χ0v) is 8.61. The Morgan fingerprint density at radius 1 is 1.43 bits per heavy atom. The van der Waals surface area contributed by atoms with Crippen LogP contribution < -0.4 is 0 Å². The summed E-state index contributed by atoms with van der Waals surface area (Å²) < 4.78 is 0. The van der Waals surface area contributed by atoms with Gasteiger partial charge in [-0.2, -0.15) is 0 Å². The van der Waals surface area contributed by atoms with E-state index in [-0.39, 0.29) is 6.10 Å². The van der Waals surface area contributed by atoms with Crippen LogP contribution in [0, 0.1) is 12.8 Å². The van der Waals surface area contributed by atoms with Gasteiger partial charge < -0.3 is 5.11 Å². The van der Waals surface area contributed by atoms with Crippen LogP contribution in [-0.4, -0.2) is 10.1 Å². The molecular weight excluding hydrogens is 174 g/mol. The number of hydrogen-bond acceptors (Lipinski definition) is 2. The van der Waals surface area contributed by atoms with E-state index in [4.69, 9.17) is 0 Å². The van der Waals surface area contributed by atoms with Gasteiger partial charge in [0.15, 0.2) is 0 Å². The third-order valence-electron chi connectivity index (χ3n) is 3.21. The summed E-state index contributed by atoms with van der Waals surface area (Å²) in [6, 6.07) is 3.89. The lowest BCUT2D eigenvalue weighted by Crippen LogP contribution is -2.10. The van der Waals surface area contributed by atoms with Crippen LogP contribution in [0.25, 0.3) is 0 Å². The highest BCUT2D eigenvalue weighted by atomic mass is 16.3. The van der Waals surface area contributed by atoms with E-state index in [9.17, 15) is 5.11 Å². The summed E-state index contributed by atoms with van der Waals surface area (Å²) in [5.74, 6) is 0.456. The fraction of sp³-hybridized carbons (Fsp3) is 0.583. The molecule has 0 amide bonds. The number of rotatable bonds is 2. The summed E-state index contributed by atoms with van der Waals surface area (Å²) in [7, 11) is 0. The Hall–Kier alpha value is -0.890. The first-order chi connectivity index (χ1) is 6.79. The van der Waals surface area contributed by atoms with Crippen LogP contribution in [0.3, 0.4) is 0 Å². The summed E-state index contributed by atoms with van der Waals surface area (Å²) in [6.45, 7) is 1.97. The minimum atomic E-state index is -0.300. The fourth-order valence-corrected chi connectivity index (χ4v) is 2.34. The number of pyridine rings is 1. The Morgan fingerprint density at radius 2 is 2.14 bits per heavy atom. The molecule has 0 radical (unpaired) electrons. The minimum Gasteiger partial charge on any atom is -0.388 e. The van der Waals surface area contributed by atoms with Gasteiger partial charge >= 0.3 is 0 Å². The molecule has 1 atom stereocenters. The first-order valence-corrected chi connectivity index (χ1v) is 5.38. The van der Waals surface area contributed by atoms with Gasteiger partial charge in [-0.3, -0.25) is 4.98 Å². The van der Waals surface area contributed by atoms with Gasteiger partial charge in [0.1, 0.15) is 0 Å². The first-order valence-electron chi connectivity index (χ1n) is 5.38. The number of aryl methyl sites for hydroxylation is 1. The van der Waals surface area contributed by atoms with Crippen molar-refractivity contribution in [1.29, 1.82) is 0 Å². The van der Waals surface area contributed by atoms with Crippen molar-refractivity contribution in [3.05, 3.63) is 29.6 Å². The van der Waals surface area contributed by atoms with Crippen LogP contribution in [0.1, 0.15) is 43.0 Å². The Morgan fingerprint density at radius 3 is 2.79 bits per heavy atom. The molecule has 1 saturated carbocycles. The zero-order valence-electron chi connectivity index (χ0n) is 8.61. The number of aliphatic hydroxyl groups excluding tert-OH is 1. The molecule has 0 spiro atoms. The zero-order chi connectivity index (χ0) is 9.97. The molecule has 1 aliphatic rings. The molecule has 1 aliphatic carbocycles. The van der Waals surface area contributed by atoms with Crippen molar-refractivity contribution < 1.29 is 5.11 Å². The van der Waals surface area contributed by atoms with E-state index in [2.05, 4.69) is 4.98 Å². The second-order valence-corrected chi connectivity index (χ2v) is 4.17. The van der Waals surface area contributed by atoms with E-state index >= 15 is 0 Å². The van der Waals surface area contributed by atoms with Gasteiger partial charge in [0.25, 0.3) is 0 Å². The summed E-state index contributed by atoms with van der Waals surface area (Å²) in [4.78, 5) is 4.21. The minimum absolute atomic E-state index is 0.300. The number of aliphatic hydroxyl groups is 1. The molecule has 14 heavy (non-hydrogen) atoms. The Bertz CT molecular complexity index is 305. The number of aromatic nitrogens is 1. The summed E-state index contributed by atoms with van der Waals surface area (Å²) >= 11 is 0. The topological polar surface area (TPSA) is 33.1 Å². The van der Waals surface area contributed by atoms with Gasteiger partial charge in [-0.1, -0.05) is 18.9 Å². The maximum atomic E-state index is 10.2. The molecular formula is C12H17NO. The smallest absolute Gasteiger partial charge is 0.0835 e. The summed E-state index contributed by atoms with van der Waals surface area (Å²) in [6.07, 6.45) is 6.33. The Balaban J connectivity index is 2.17. The van der Waals surface area contributed by atoms with Crippen molar-refractivity contribution >= 4 is 0 Å². The molecule has 2 heteroatoms. The molecule has 1 fully saturated rings. The van der Waals surface area contributed by atoms with Crippen molar-refractivity contribution in [2.75, 3.05) is 0 Å². The van der Waals surface area contributed by atoms with E-state index in [0.717, 1.165) is 24.1 Å². The van der Waals surface area contributed by atoms with E-state index < -0.39 is 0 Å². The van der Waals surface area contributed by atoms with Gasteiger partial charge in [0, 0.05) is 17.5 Å². The quantitative estimate of drug-likeness (QED) is 0.779. The van der Waals surface area contributed by atoms with Crippen LogP contribution in [-0.2, 0) is 0 Å². The van der Waals surface area contributed by atoms with Crippen LogP contribution in [0.5, 0.6) is 0 Å². The monoisotopic (exact) mass is 191 g/mol. The molecule has 1 heterocycles. The summed E-state index contributed by atoms with van der Waals surface area (Å²) in [5.41, 5.74) is 1.98. The molecule has 1 unspecified atom stereocenters. The van der Waals surface area contributed by atoms with Gasteiger partial charge in [0.2, 0.25) is 0 Å². The van der Waals surface area contributed by atoms with Crippen LogP contribution in [0.4, 0.5) is 0 Å².